The SMILES string of the molecule is COc1ccc(Cl)cc1CNC(C)Cc1cccc(Cl)c1. The van der Waals surface area contributed by atoms with Gasteiger partial charge in [0, 0.05) is 28.2 Å². The molecule has 0 aliphatic heterocycles. The molecule has 2 aromatic rings. The first kappa shape index (κ1) is 16.2. The first-order valence-electron chi connectivity index (χ1n) is 6.88. The Morgan fingerprint density at radius 2 is 1.86 bits per heavy atom. The first-order chi connectivity index (χ1) is 10.1. The molecular formula is C17H19Cl2NO. The van der Waals surface area contributed by atoms with Crippen molar-refractivity contribution in [3.63, 3.8) is 0 Å². The molecule has 0 bridgehead atoms. The fourth-order valence-corrected chi connectivity index (χ4v) is 2.67. The monoisotopic (exact) mass is 323 g/mol. The zero-order valence-electron chi connectivity index (χ0n) is 12.2. The number of ether oxygens (including phenoxy) is 1. The third-order valence-electron chi connectivity index (χ3n) is 3.31. The van der Waals surface area contributed by atoms with Crippen LogP contribution in [-0.4, -0.2) is 13.2 Å². The van der Waals surface area contributed by atoms with Gasteiger partial charge >= 0.3 is 0 Å². The molecule has 0 aliphatic carbocycles. The van der Waals surface area contributed by atoms with Crippen molar-refractivity contribution in [2.75, 3.05) is 7.11 Å². The summed E-state index contributed by atoms with van der Waals surface area (Å²) >= 11 is 12.0. The van der Waals surface area contributed by atoms with Gasteiger partial charge in [0.1, 0.15) is 5.75 Å². The molecule has 4 heteroatoms. The van der Waals surface area contributed by atoms with Gasteiger partial charge < -0.3 is 10.1 Å². The van der Waals surface area contributed by atoms with Gasteiger partial charge in [-0.05, 0) is 49.2 Å². The first-order valence-corrected chi connectivity index (χ1v) is 7.64. The van der Waals surface area contributed by atoms with Crippen LogP contribution in [0.4, 0.5) is 0 Å². The molecule has 0 amide bonds. The summed E-state index contributed by atoms with van der Waals surface area (Å²) < 4.78 is 5.35. The molecular weight excluding hydrogens is 305 g/mol. The van der Waals surface area contributed by atoms with Gasteiger partial charge in [0.25, 0.3) is 0 Å². The Labute approximate surface area is 136 Å². The lowest BCUT2D eigenvalue weighted by molar-refractivity contribution is 0.405. The molecule has 2 nitrogen and oxygen atoms in total. The van der Waals surface area contributed by atoms with Gasteiger partial charge in [-0.2, -0.15) is 0 Å². The van der Waals surface area contributed by atoms with Crippen molar-refractivity contribution in [1.29, 1.82) is 0 Å². The lowest BCUT2D eigenvalue weighted by Gasteiger charge is -2.16. The molecule has 0 spiro atoms. The Balaban J connectivity index is 1.95. The van der Waals surface area contributed by atoms with E-state index in [0.29, 0.717) is 12.6 Å². The van der Waals surface area contributed by atoms with Crippen LogP contribution >= 0.6 is 23.2 Å². The van der Waals surface area contributed by atoms with Crippen LogP contribution in [0.15, 0.2) is 42.5 Å². The fourth-order valence-electron chi connectivity index (χ4n) is 2.26. The summed E-state index contributed by atoms with van der Waals surface area (Å²) in [7, 11) is 1.67. The van der Waals surface area contributed by atoms with Crippen molar-refractivity contribution < 1.29 is 4.74 Å². The summed E-state index contributed by atoms with van der Waals surface area (Å²) in [5.41, 5.74) is 2.28. The van der Waals surface area contributed by atoms with Crippen molar-refractivity contribution in [1.82, 2.24) is 5.32 Å². The Hall–Kier alpha value is -1.22. The number of halogens is 2. The summed E-state index contributed by atoms with van der Waals surface area (Å²) in [4.78, 5) is 0. The van der Waals surface area contributed by atoms with Crippen molar-refractivity contribution in [3.05, 3.63) is 63.6 Å². The quantitative estimate of drug-likeness (QED) is 0.830. The summed E-state index contributed by atoms with van der Waals surface area (Å²) in [5.74, 6) is 0.849. The van der Waals surface area contributed by atoms with Crippen LogP contribution in [-0.2, 0) is 13.0 Å². The minimum Gasteiger partial charge on any atom is -0.496 e. The van der Waals surface area contributed by atoms with E-state index < -0.39 is 0 Å². The zero-order chi connectivity index (χ0) is 15.2. The standard InChI is InChI=1S/C17H19Cl2NO/c1-12(8-13-4-3-5-15(18)9-13)20-11-14-10-16(19)6-7-17(14)21-2/h3-7,9-10,12,20H,8,11H2,1-2H3. The number of methoxy groups -OCH3 is 1. The molecule has 1 atom stereocenters. The van der Waals surface area contributed by atoms with Gasteiger partial charge in [0.05, 0.1) is 7.11 Å². The number of rotatable bonds is 6. The molecule has 0 saturated heterocycles. The highest BCUT2D eigenvalue weighted by atomic mass is 35.5. The van der Waals surface area contributed by atoms with Crippen molar-refractivity contribution in [2.24, 2.45) is 0 Å². The van der Waals surface area contributed by atoms with E-state index in [1.807, 2.05) is 36.4 Å². The molecule has 0 radical (unpaired) electrons. The molecule has 0 saturated carbocycles. The van der Waals surface area contributed by atoms with Gasteiger partial charge in [-0.25, -0.2) is 0 Å². The molecule has 112 valence electrons. The number of hydrogen-bond acceptors (Lipinski definition) is 2. The van der Waals surface area contributed by atoms with Crippen LogP contribution in [0.3, 0.4) is 0 Å². The molecule has 0 fully saturated rings. The summed E-state index contributed by atoms with van der Waals surface area (Å²) in [5, 5.41) is 4.98. The Bertz CT molecular complexity index is 601. The second-order valence-electron chi connectivity index (χ2n) is 5.07. The van der Waals surface area contributed by atoms with E-state index in [-0.39, 0.29) is 0 Å². The van der Waals surface area contributed by atoms with E-state index in [1.54, 1.807) is 7.11 Å². The molecule has 1 unspecified atom stereocenters. The van der Waals surface area contributed by atoms with Crippen LogP contribution in [0.25, 0.3) is 0 Å². The smallest absolute Gasteiger partial charge is 0.123 e. The predicted molar refractivity (Wildman–Crippen MR) is 89.5 cm³/mol. The highest BCUT2D eigenvalue weighted by Crippen LogP contribution is 2.22. The molecule has 2 aromatic carbocycles. The number of benzene rings is 2. The normalized spacial score (nSPS) is 12.2. The summed E-state index contributed by atoms with van der Waals surface area (Å²) in [6.45, 7) is 2.86. The van der Waals surface area contributed by atoms with E-state index in [0.717, 1.165) is 27.8 Å². The Kier molecular flexibility index (Phi) is 5.92. The third kappa shape index (κ3) is 4.92. The Morgan fingerprint density at radius 3 is 2.57 bits per heavy atom. The topological polar surface area (TPSA) is 21.3 Å². The predicted octanol–water partition coefficient (Wildman–Crippen LogP) is 4.72. The molecule has 21 heavy (non-hydrogen) atoms. The number of hydrogen-bond donors (Lipinski definition) is 1. The van der Waals surface area contributed by atoms with Crippen LogP contribution in [0, 0.1) is 0 Å². The molecule has 2 rings (SSSR count). The van der Waals surface area contributed by atoms with Crippen LogP contribution < -0.4 is 10.1 Å². The summed E-state index contributed by atoms with van der Waals surface area (Å²) in [6.07, 6.45) is 0.920. The van der Waals surface area contributed by atoms with E-state index in [1.165, 1.54) is 5.56 Å². The highest BCUT2D eigenvalue weighted by molar-refractivity contribution is 6.30. The van der Waals surface area contributed by atoms with Crippen molar-refractivity contribution in [2.45, 2.75) is 25.9 Å². The van der Waals surface area contributed by atoms with E-state index in [4.69, 9.17) is 27.9 Å². The largest absolute Gasteiger partial charge is 0.496 e. The average molecular weight is 324 g/mol. The maximum Gasteiger partial charge on any atom is 0.123 e. The molecule has 1 N–H and O–H groups in total. The highest BCUT2D eigenvalue weighted by Gasteiger charge is 2.07. The van der Waals surface area contributed by atoms with E-state index in [2.05, 4.69) is 18.3 Å². The lowest BCUT2D eigenvalue weighted by Crippen LogP contribution is -2.27. The third-order valence-corrected chi connectivity index (χ3v) is 3.78. The van der Waals surface area contributed by atoms with Crippen molar-refractivity contribution in [3.8, 4) is 5.75 Å². The van der Waals surface area contributed by atoms with Crippen molar-refractivity contribution >= 4 is 23.2 Å². The lowest BCUT2D eigenvalue weighted by atomic mass is 10.1. The molecule has 0 aliphatic rings. The van der Waals surface area contributed by atoms with Crippen LogP contribution in [0.5, 0.6) is 5.75 Å². The Morgan fingerprint density at radius 1 is 1.10 bits per heavy atom. The van der Waals surface area contributed by atoms with E-state index in [9.17, 15) is 0 Å². The molecule has 0 aromatic heterocycles. The second-order valence-corrected chi connectivity index (χ2v) is 5.95. The zero-order valence-corrected chi connectivity index (χ0v) is 13.7. The maximum atomic E-state index is 6.04. The minimum absolute atomic E-state index is 0.326. The van der Waals surface area contributed by atoms with Gasteiger partial charge in [-0.3, -0.25) is 0 Å². The second kappa shape index (κ2) is 7.69. The van der Waals surface area contributed by atoms with Gasteiger partial charge in [0.15, 0.2) is 0 Å². The summed E-state index contributed by atoms with van der Waals surface area (Å²) in [6, 6.07) is 13.9. The van der Waals surface area contributed by atoms with Crippen LogP contribution in [0.2, 0.25) is 10.0 Å². The maximum absolute atomic E-state index is 6.04. The fraction of sp³-hybridized carbons (Fsp3) is 0.294. The molecule has 0 heterocycles. The van der Waals surface area contributed by atoms with E-state index >= 15 is 0 Å². The number of nitrogens with one attached hydrogen (secondary N) is 1. The van der Waals surface area contributed by atoms with Crippen LogP contribution in [0.1, 0.15) is 18.1 Å². The minimum atomic E-state index is 0.326. The van der Waals surface area contributed by atoms with Gasteiger partial charge in [0.2, 0.25) is 0 Å². The van der Waals surface area contributed by atoms with Gasteiger partial charge in [-0.15, -0.1) is 0 Å². The average Bonchev–Trinajstić information content (AvgIpc) is 2.45. The van der Waals surface area contributed by atoms with Gasteiger partial charge in [-0.1, -0.05) is 35.3 Å².